The van der Waals surface area contributed by atoms with Crippen molar-refractivity contribution in [1.29, 1.82) is 0 Å². The first-order chi connectivity index (χ1) is 11.7. The smallest absolute Gasteiger partial charge is 0.233 e. The Labute approximate surface area is 140 Å². The largest absolute Gasteiger partial charge is 0.497 e. The second-order valence-corrected chi connectivity index (χ2v) is 6.40. The summed E-state index contributed by atoms with van der Waals surface area (Å²) < 4.78 is 25.1. The fourth-order valence-electron chi connectivity index (χ4n) is 3.56. The molecule has 0 N–H and O–H groups in total. The molecule has 24 heavy (non-hydrogen) atoms. The van der Waals surface area contributed by atoms with Crippen LogP contribution in [-0.2, 0) is 0 Å². The van der Waals surface area contributed by atoms with Gasteiger partial charge in [0.2, 0.25) is 5.88 Å². The zero-order chi connectivity index (χ0) is 16.5. The molecular formula is C18H20FN3O2. The first-order valence-corrected chi connectivity index (χ1v) is 8.29. The van der Waals surface area contributed by atoms with Crippen molar-refractivity contribution in [1.82, 2.24) is 15.1 Å². The Hall–Kier alpha value is -2.21. The van der Waals surface area contributed by atoms with E-state index in [-0.39, 0.29) is 11.9 Å². The van der Waals surface area contributed by atoms with E-state index in [0.29, 0.717) is 28.8 Å². The summed E-state index contributed by atoms with van der Waals surface area (Å²) in [4.78, 5) is 2.43. The van der Waals surface area contributed by atoms with E-state index in [9.17, 15) is 4.39 Å². The van der Waals surface area contributed by atoms with Gasteiger partial charge in [0.1, 0.15) is 17.7 Å². The highest BCUT2D eigenvalue weighted by Crippen LogP contribution is 2.30. The molecule has 0 saturated carbocycles. The van der Waals surface area contributed by atoms with Crippen molar-refractivity contribution in [3.63, 3.8) is 0 Å². The Balaban J connectivity index is 1.49. The predicted molar refractivity (Wildman–Crippen MR) is 87.6 cm³/mol. The summed E-state index contributed by atoms with van der Waals surface area (Å²) in [6, 6.07) is 8.20. The van der Waals surface area contributed by atoms with Crippen LogP contribution in [-0.4, -0.2) is 47.9 Å². The van der Waals surface area contributed by atoms with Gasteiger partial charge in [-0.1, -0.05) is 0 Å². The van der Waals surface area contributed by atoms with Gasteiger partial charge in [-0.2, -0.15) is 0 Å². The van der Waals surface area contributed by atoms with E-state index in [4.69, 9.17) is 9.47 Å². The van der Waals surface area contributed by atoms with E-state index < -0.39 is 0 Å². The van der Waals surface area contributed by atoms with Crippen LogP contribution < -0.4 is 9.47 Å². The minimum Gasteiger partial charge on any atom is -0.497 e. The van der Waals surface area contributed by atoms with Crippen LogP contribution in [0.1, 0.15) is 12.8 Å². The van der Waals surface area contributed by atoms with Crippen molar-refractivity contribution in [3.8, 4) is 22.9 Å². The Bertz CT molecular complexity index is 715. The molecule has 2 bridgehead atoms. The van der Waals surface area contributed by atoms with Crippen LogP contribution in [0.3, 0.4) is 0 Å². The quantitative estimate of drug-likeness (QED) is 0.863. The van der Waals surface area contributed by atoms with Gasteiger partial charge in [-0.3, -0.25) is 4.90 Å². The highest BCUT2D eigenvalue weighted by Gasteiger charge is 2.35. The topological polar surface area (TPSA) is 47.5 Å². The number of halogens is 1. The fourth-order valence-corrected chi connectivity index (χ4v) is 3.56. The maximum Gasteiger partial charge on any atom is 0.233 e. The molecule has 0 aliphatic carbocycles. The number of nitrogens with zero attached hydrogens (tertiary/aromatic N) is 3. The zero-order valence-electron chi connectivity index (χ0n) is 13.6. The molecule has 126 valence electrons. The van der Waals surface area contributed by atoms with Crippen molar-refractivity contribution < 1.29 is 13.9 Å². The van der Waals surface area contributed by atoms with Gasteiger partial charge < -0.3 is 9.47 Å². The van der Waals surface area contributed by atoms with Crippen LogP contribution in [0.5, 0.6) is 11.6 Å². The lowest BCUT2D eigenvalue weighted by atomic mass is 9.86. The molecule has 6 heteroatoms. The van der Waals surface area contributed by atoms with E-state index in [2.05, 4.69) is 15.1 Å². The standard InChI is InChI=1S/C18H20FN3O2/c1-23-13-2-3-14(15(19)10-13)16-4-5-18(21-20-16)24-17-11-22-8-6-12(17)7-9-22/h2-5,10,12,17H,6-9,11H2,1H3/t17-/m0/s1. The van der Waals surface area contributed by atoms with Crippen LogP contribution in [0.4, 0.5) is 4.39 Å². The maximum atomic E-state index is 14.1. The molecule has 1 atom stereocenters. The average Bonchev–Trinajstić information content (AvgIpc) is 2.63. The molecule has 3 saturated heterocycles. The summed E-state index contributed by atoms with van der Waals surface area (Å²) in [5.74, 6) is 1.21. The van der Waals surface area contributed by atoms with Crippen molar-refractivity contribution >= 4 is 0 Å². The molecule has 4 heterocycles. The molecule has 0 amide bonds. The number of fused-ring (bicyclic) bond motifs is 3. The third-order valence-corrected chi connectivity index (χ3v) is 4.96. The van der Waals surface area contributed by atoms with Gasteiger partial charge in [-0.15, -0.1) is 10.2 Å². The monoisotopic (exact) mass is 329 g/mol. The Kier molecular flexibility index (Phi) is 4.06. The van der Waals surface area contributed by atoms with E-state index in [1.54, 1.807) is 24.3 Å². The number of piperidine rings is 3. The van der Waals surface area contributed by atoms with Gasteiger partial charge in [0, 0.05) is 24.2 Å². The predicted octanol–water partition coefficient (Wildman–Crippen LogP) is 2.76. The molecule has 0 spiro atoms. The van der Waals surface area contributed by atoms with Crippen molar-refractivity contribution in [2.45, 2.75) is 18.9 Å². The van der Waals surface area contributed by atoms with Gasteiger partial charge in [-0.25, -0.2) is 4.39 Å². The van der Waals surface area contributed by atoms with E-state index in [1.807, 2.05) is 0 Å². The summed E-state index contributed by atoms with van der Waals surface area (Å²) in [6.45, 7) is 3.30. The van der Waals surface area contributed by atoms with Gasteiger partial charge in [0.25, 0.3) is 0 Å². The summed E-state index contributed by atoms with van der Waals surface area (Å²) in [7, 11) is 1.51. The summed E-state index contributed by atoms with van der Waals surface area (Å²) in [5.41, 5.74) is 0.883. The molecule has 5 rings (SSSR count). The van der Waals surface area contributed by atoms with E-state index in [0.717, 1.165) is 6.54 Å². The van der Waals surface area contributed by atoms with E-state index in [1.165, 1.54) is 39.1 Å². The van der Waals surface area contributed by atoms with Crippen LogP contribution in [0, 0.1) is 11.7 Å². The third kappa shape index (κ3) is 2.94. The normalized spacial score (nSPS) is 25.5. The number of hydrogen-bond acceptors (Lipinski definition) is 5. The average molecular weight is 329 g/mol. The fraction of sp³-hybridized carbons (Fsp3) is 0.444. The minimum atomic E-state index is -0.380. The van der Waals surface area contributed by atoms with Gasteiger partial charge in [0.05, 0.1) is 12.8 Å². The number of hydrogen-bond donors (Lipinski definition) is 0. The number of methoxy groups -OCH3 is 1. The molecule has 0 radical (unpaired) electrons. The lowest BCUT2D eigenvalue weighted by Gasteiger charge is -2.44. The first kappa shape index (κ1) is 15.3. The summed E-state index contributed by atoms with van der Waals surface area (Å²) in [6.07, 6.45) is 2.56. The van der Waals surface area contributed by atoms with Crippen LogP contribution in [0.2, 0.25) is 0 Å². The Morgan fingerprint density at radius 1 is 1.12 bits per heavy atom. The molecule has 3 aliphatic heterocycles. The highest BCUT2D eigenvalue weighted by atomic mass is 19.1. The van der Waals surface area contributed by atoms with Crippen LogP contribution >= 0.6 is 0 Å². The minimum absolute atomic E-state index is 0.186. The summed E-state index contributed by atoms with van der Waals surface area (Å²) in [5, 5.41) is 8.25. The molecular weight excluding hydrogens is 309 g/mol. The zero-order valence-corrected chi connectivity index (χ0v) is 13.6. The van der Waals surface area contributed by atoms with Gasteiger partial charge in [-0.05, 0) is 50.0 Å². The maximum absolute atomic E-state index is 14.1. The molecule has 0 unspecified atom stereocenters. The van der Waals surface area contributed by atoms with Crippen LogP contribution in [0.15, 0.2) is 30.3 Å². The first-order valence-electron chi connectivity index (χ1n) is 8.29. The van der Waals surface area contributed by atoms with E-state index >= 15 is 0 Å². The summed E-state index contributed by atoms with van der Waals surface area (Å²) >= 11 is 0. The van der Waals surface area contributed by atoms with Crippen LogP contribution in [0.25, 0.3) is 11.3 Å². The number of rotatable bonds is 4. The molecule has 2 aromatic rings. The molecule has 1 aromatic heterocycles. The number of aromatic nitrogens is 2. The Morgan fingerprint density at radius 2 is 1.96 bits per heavy atom. The van der Waals surface area contributed by atoms with Crippen molar-refractivity contribution in [2.24, 2.45) is 5.92 Å². The molecule has 1 aromatic carbocycles. The second kappa shape index (κ2) is 6.36. The SMILES string of the molecule is COc1ccc(-c2ccc(O[C@H]3CN4CCC3CC4)nn2)c(F)c1. The lowest BCUT2D eigenvalue weighted by molar-refractivity contribution is -0.0103. The lowest BCUT2D eigenvalue weighted by Crippen LogP contribution is -2.52. The highest BCUT2D eigenvalue weighted by molar-refractivity contribution is 5.60. The third-order valence-electron chi connectivity index (χ3n) is 4.96. The van der Waals surface area contributed by atoms with Crippen molar-refractivity contribution in [3.05, 3.63) is 36.1 Å². The molecule has 3 fully saturated rings. The van der Waals surface area contributed by atoms with Crippen molar-refractivity contribution in [2.75, 3.05) is 26.7 Å². The number of ether oxygens (including phenoxy) is 2. The van der Waals surface area contributed by atoms with Gasteiger partial charge >= 0.3 is 0 Å². The number of benzene rings is 1. The molecule has 5 nitrogen and oxygen atoms in total. The Morgan fingerprint density at radius 3 is 2.54 bits per heavy atom. The molecule has 3 aliphatic rings. The second-order valence-electron chi connectivity index (χ2n) is 6.40. The van der Waals surface area contributed by atoms with Gasteiger partial charge in [0.15, 0.2) is 0 Å².